The topological polar surface area (TPSA) is 77.6 Å². The highest BCUT2D eigenvalue weighted by Gasteiger charge is 2.22. The van der Waals surface area contributed by atoms with E-state index in [2.05, 4.69) is 58.4 Å². The van der Waals surface area contributed by atoms with Gasteiger partial charge in [-0.2, -0.15) is 0 Å². The van der Waals surface area contributed by atoms with E-state index in [0.717, 1.165) is 68.9 Å². The van der Waals surface area contributed by atoms with Gasteiger partial charge in [0.1, 0.15) is 12.4 Å². The molecule has 0 spiro atoms. The summed E-state index contributed by atoms with van der Waals surface area (Å²) in [4.78, 5) is 15.2. The summed E-state index contributed by atoms with van der Waals surface area (Å²) >= 11 is 0. The molecular formula is C23H37IN6O. The summed E-state index contributed by atoms with van der Waals surface area (Å²) in [5.41, 5.74) is 2.15. The summed E-state index contributed by atoms with van der Waals surface area (Å²) in [6.45, 7) is 12.5. The predicted octanol–water partition coefficient (Wildman–Crippen LogP) is 3.50. The first-order valence-corrected chi connectivity index (χ1v) is 11.1. The van der Waals surface area contributed by atoms with Gasteiger partial charge in [-0.25, -0.2) is 9.98 Å². The van der Waals surface area contributed by atoms with Crippen molar-refractivity contribution in [2.75, 3.05) is 39.4 Å². The molecule has 3 N–H and O–H groups in total. The van der Waals surface area contributed by atoms with Gasteiger partial charge in [0, 0.05) is 32.2 Å². The van der Waals surface area contributed by atoms with Gasteiger partial charge in [0.05, 0.1) is 25.1 Å². The molecular weight excluding hydrogens is 503 g/mol. The molecule has 31 heavy (non-hydrogen) atoms. The largest absolute Gasteiger partial charge is 0.379 e. The Bertz CT molecular complexity index is 773. The number of nitrogens with zero attached hydrogens (tertiary/aromatic N) is 3. The summed E-state index contributed by atoms with van der Waals surface area (Å²) in [5.74, 6) is 2.34. The molecule has 2 aromatic rings. The third kappa shape index (κ3) is 8.42. The second kappa shape index (κ2) is 13.7. The molecule has 1 aliphatic heterocycles. The molecule has 7 nitrogen and oxygen atoms in total. The van der Waals surface area contributed by atoms with Crippen LogP contribution < -0.4 is 10.6 Å². The first-order chi connectivity index (χ1) is 14.7. The summed E-state index contributed by atoms with van der Waals surface area (Å²) in [7, 11) is 0. The lowest BCUT2D eigenvalue weighted by Crippen LogP contribution is -2.51. The molecule has 172 valence electrons. The summed E-state index contributed by atoms with van der Waals surface area (Å²) in [6, 6.07) is 10.7. The Morgan fingerprint density at radius 1 is 1.19 bits per heavy atom. The van der Waals surface area contributed by atoms with Crippen LogP contribution in [0.1, 0.15) is 33.0 Å². The Kier molecular flexibility index (Phi) is 11.3. The minimum absolute atomic E-state index is 0. The van der Waals surface area contributed by atoms with Gasteiger partial charge in [0.2, 0.25) is 0 Å². The van der Waals surface area contributed by atoms with E-state index in [-0.39, 0.29) is 24.0 Å². The normalized spacial score (nSPS) is 16.1. The Morgan fingerprint density at radius 2 is 1.94 bits per heavy atom. The summed E-state index contributed by atoms with van der Waals surface area (Å²) < 4.78 is 5.53. The van der Waals surface area contributed by atoms with Gasteiger partial charge in [-0.1, -0.05) is 44.2 Å². The highest BCUT2D eigenvalue weighted by Crippen LogP contribution is 2.16. The van der Waals surface area contributed by atoms with E-state index >= 15 is 0 Å². The Hall–Kier alpha value is -1.65. The average molecular weight is 540 g/mol. The van der Waals surface area contributed by atoms with Crippen LogP contribution in [0.25, 0.3) is 11.3 Å². The van der Waals surface area contributed by atoms with Gasteiger partial charge in [0.15, 0.2) is 5.96 Å². The molecule has 0 aliphatic carbocycles. The van der Waals surface area contributed by atoms with Gasteiger partial charge in [-0.15, -0.1) is 24.0 Å². The molecule has 8 heteroatoms. The third-order valence-electron chi connectivity index (χ3n) is 5.26. The van der Waals surface area contributed by atoms with E-state index < -0.39 is 0 Å². The zero-order valence-corrected chi connectivity index (χ0v) is 21.3. The lowest BCUT2D eigenvalue weighted by molar-refractivity contribution is 0.0132. The van der Waals surface area contributed by atoms with Crippen LogP contribution in [0.4, 0.5) is 0 Å². The van der Waals surface area contributed by atoms with Gasteiger partial charge >= 0.3 is 0 Å². The van der Waals surface area contributed by atoms with E-state index in [1.807, 2.05) is 24.4 Å². The number of benzene rings is 1. The predicted molar refractivity (Wildman–Crippen MR) is 138 cm³/mol. The van der Waals surface area contributed by atoms with Gasteiger partial charge in [-0.3, -0.25) is 4.90 Å². The van der Waals surface area contributed by atoms with Crippen molar-refractivity contribution < 1.29 is 4.74 Å². The first kappa shape index (κ1) is 25.6. The van der Waals surface area contributed by atoms with Crippen LogP contribution >= 0.6 is 24.0 Å². The number of imidazole rings is 1. The van der Waals surface area contributed by atoms with Crippen molar-refractivity contribution in [2.45, 2.75) is 39.8 Å². The molecule has 0 radical (unpaired) electrons. The summed E-state index contributed by atoms with van der Waals surface area (Å²) in [5, 5.41) is 6.90. The standard InChI is InChI=1S/C23H36N6O.HI/c1-4-24-23(26-15-20(14-18(2)3)29-10-12-30-13-11-29)27-17-22-25-16-21(28-22)19-8-6-5-7-9-19;/h5-9,16,18,20H,4,10-15,17H2,1-3H3,(H,25,28)(H2,24,26,27);1H. The molecule has 0 amide bonds. The maximum Gasteiger partial charge on any atom is 0.191 e. The van der Waals surface area contributed by atoms with Crippen LogP contribution in [0.2, 0.25) is 0 Å². The van der Waals surface area contributed by atoms with Crippen LogP contribution in [-0.2, 0) is 11.3 Å². The quantitative estimate of drug-likeness (QED) is 0.258. The lowest BCUT2D eigenvalue weighted by atomic mass is 10.0. The highest BCUT2D eigenvalue weighted by atomic mass is 127. The Balaban J connectivity index is 0.00000341. The third-order valence-corrected chi connectivity index (χ3v) is 5.26. The number of rotatable bonds is 9. The number of hydrogen-bond acceptors (Lipinski definition) is 4. The zero-order valence-electron chi connectivity index (χ0n) is 18.9. The number of ether oxygens (including phenoxy) is 1. The fraction of sp³-hybridized carbons (Fsp3) is 0.565. The molecule has 0 saturated carbocycles. The molecule has 1 aromatic carbocycles. The highest BCUT2D eigenvalue weighted by molar-refractivity contribution is 14.0. The second-order valence-corrected chi connectivity index (χ2v) is 8.12. The number of aromatic nitrogens is 2. The maximum absolute atomic E-state index is 5.53. The van der Waals surface area contributed by atoms with Crippen molar-refractivity contribution in [3.8, 4) is 11.3 Å². The van der Waals surface area contributed by atoms with Crippen LogP contribution in [0.5, 0.6) is 0 Å². The Morgan fingerprint density at radius 3 is 2.61 bits per heavy atom. The molecule has 1 fully saturated rings. The van der Waals surface area contributed by atoms with Crippen molar-refractivity contribution in [3.63, 3.8) is 0 Å². The first-order valence-electron chi connectivity index (χ1n) is 11.1. The van der Waals surface area contributed by atoms with Crippen LogP contribution in [0.15, 0.2) is 41.5 Å². The van der Waals surface area contributed by atoms with E-state index in [1.54, 1.807) is 0 Å². The number of halogens is 1. The van der Waals surface area contributed by atoms with E-state index in [9.17, 15) is 0 Å². The van der Waals surface area contributed by atoms with E-state index in [1.165, 1.54) is 0 Å². The molecule has 1 atom stereocenters. The Labute approximate surface area is 203 Å². The monoisotopic (exact) mass is 540 g/mol. The van der Waals surface area contributed by atoms with Crippen molar-refractivity contribution in [1.29, 1.82) is 0 Å². The van der Waals surface area contributed by atoms with Crippen molar-refractivity contribution >= 4 is 29.9 Å². The molecule has 1 aromatic heterocycles. The number of morpholine rings is 1. The molecule has 1 saturated heterocycles. The SMILES string of the molecule is CCNC(=NCc1ncc(-c2ccccc2)[nH]1)NCC(CC(C)C)N1CCOCC1.I. The van der Waals surface area contributed by atoms with Crippen molar-refractivity contribution in [1.82, 2.24) is 25.5 Å². The molecule has 1 aliphatic rings. The van der Waals surface area contributed by atoms with E-state index in [0.29, 0.717) is 18.5 Å². The molecule has 3 rings (SSSR count). The molecule has 1 unspecified atom stereocenters. The minimum atomic E-state index is 0. The minimum Gasteiger partial charge on any atom is -0.379 e. The van der Waals surface area contributed by atoms with Gasteiger partial charge in [0.25, 0.3) is 0 Å². The molecule has 0 bridgehead atoms. The average Bonchev–Trinajstić information content (AvgIpc) is 3.25. The van der Waals surface area contributed by atoms with Gasteiger partial charge < -0.3 is 20.4 Å². The number of guanidine groups is 1. The number of aromatic amines is 1. The lowest BCUT2D eigenvalue weighted by Gasteiger charge is -2.35. The molecule has 2 heterocycles. The number of H-pyrrole nitrogens is 1. The summed E-state index contributed by atoms with van der Waals surface area (Å²) in [6.07, 6.45) is 3.03. The van der Waals surface area contributed by atoms with E-state index in [4.69, 9.17) is 9.73 Å². The number of nitrogens with one attached hydrogen (secondary N) is 3. The van der Waals surface area contributed by atoms with Crippen LogP contribution in [0.3, 0.4) is 0 Å². The number of aliphatic imine (C=N–C) groups is 1. The fourth-order valence-electron chi connectivity index (χ4n) is 3.77. The van der Waals surface area contributed by atoms with Gasteiger partial charge in [-0.05, 0) is 24.8 Å². The van der Waals surface area contributed by atoms with Crippen LogP contribution in [-0.4, -0.2) is 66.3 Å². The second-order valence-electron chi connectivity index (χ2n) is 8.12. The van der Waals surface area contributed by atoms with Crippen molar-refractivity contribution in [2.24, 2.45) is 10.9 Å². The maximum atomic E-state index is 5.53. The number of hydrogen-bond donors (Lipinski definition) is 3. The fourth-order valence-corrected chi connectivity index (χ4v) is 3.77. The smallest absolute Gasteiger partial charge is 0.191 e. The zero-order chi connectivity index (χ0) is 21.2. The van der Waals surface area contributed by atoms with Crippen LogP contribution in [0, 0.1) is 5.92 Å². The van der Waals surface area contributed by atoms with Crippen molar-refractivity contribution in [3.05, 3.63) is 42.4 Å².